The molecule has 2 aromatic rings. The van der Waals surface area contributed by atoms with Crippen LogP contribution in [0.15, 0.2) is 45.9 Å². The fraction of sp³-hybridized carbons (Fsp3) is 0.133. The number of amides is 2. The summed E-state index contributed by atoms with van der Waals surface area (Å²) in [5.74, 6) is 0.111. The van der Waals surface area contributed by atoms with Gasteiger partial charge in [0.15, 0.2) is 0 Å². The molecule has 0 aliphatic rings. The number of methoxy groups -OCH3 is 1. The van der Waals surface area contributed by atoms with E-state index in [9.17, 15) is 9.59 Å². The summed E-state index contributed by atoms with van der Waals surface area (Å²) in [5, 5.41) is 14.7. The minimum Gasteiger partial charge on any atom is -0.497 e. The van der Waals surface area contributed by atoms with Crippen LogP contribution >= 0.6 is 0 Å². The SMILES string of the molecule is COc1cccc(C(=O)NCC(=O)N/N=C/c2ccc(NO)o2)c1. The van der Waals surface area contributed by atoms with Gasteiger partial charge < -0.3 is 14.5 Å². The molecule has 0 saturated carbocycles. The number of furan rings is 1. The molecule has 24 heavy (non-hydrogen) atoms. The summed E-state index contributed by atoms with van der Waals surface area (Å²) in [6.07, 6.45) is 1.25. The molecule has 0 bridgehead atoms. The molecule has 2 amide bonds. The molecule has 1 aromatic carbocycles. The molecule has 1 heterocycles. The van der Waals surface area contributed by atoms with Crippen LogP contribution in [-0.4, -0.2) is 36.9 Å². The Bertz CT molecular complexity index is 741. The molecule has 0 saturated heterocycles. The predicted octanol–water partition coefficient (Wildman–Crippen LogP) is 0.969. The summed E-state index contributed by atoms with van der Waals surface area (Å²) in [7, 11) is 1.50. The smallest absolute Gasteiger partial charge is 0.259 e. The Kier molecular flexibility index (Phi) is 5.92. The largest absolute Gasteiger partial charge is 0.497 e. The van der Waals surface area contributed by atoms with Crippen LogP contribution in [0.5, 0.6) is 5.75 Å². The fourth-order valence-corrected chi connectivity index (χ4v) is 1.72. The average molecular weight is 332 g/mol. The van der Waals surface area contributed by atoms with Gasteiger partial charge >= 0.3 is 0 Å². The van der Waals surface area contributed by atoms with Crippen molar-refractivity contribution in [1.82, 2.24) is 10.7 Å². The van der Waals surface area contributed by atoms with Gasteiger partial charge in [-0.3, -0.25) is 14.8 Å². The summed E-state index contributed by atoms with van der Waals surface area (Å²) in [6.45, 7) is -0.241. The van der Waals surface area contributed by atoms with E-state index in [1.165, 1.54) is 19.4 Å². The highest BCUT2D eigenvalue weighted by molar-refractivity contribution is 5.96. The minimum atomic E-state index is -0.505. The maximum absolute atomic E-state index is 11.9. The van der Waals surface area contributed by atoms with Crippen molar-refractivity contribution in [3.8, 4) is 5.75 Å². The van der Waals surface area contributed by atoms with Gasteiger partial charge in [-0.1, -0.05) is 6.07 Å². The van der Waals surface area contributed by atoms with E-state index in [4.69, 9.17) is 14.4 Å². The Hall–Kier alpha value is -3.33. The second-order valence-corrected chi connectivity index (χ2v) is 4.52. The lowest BCUT2D eigenvalue weighted by Crippen LogP contribution is -2.34. The molecule has 0 unspecified atom stereocenters. The van der Waals surface area contributed by atoms with Gasteiger partial charge in [-0.15, -0.1) is 0 Å². The number of carbonyl (C=O) groups is 2. The van der Waals surface area contributed by atoms with Gasteiger partial charge in [-0.05, 0) is 24.3 Å². The highest BCUT2D eigenvalue weighted by Gasteiger charge is 2.08. The van der Waals surface area contributed by atoms with Crippen LogP contribution in [0.2, 0.25) is 0 Å². The Morgan fingerprint density at radius 1 is 1.33 bits per heavy atom. The minimum absolute atomic E-state index is 0.147. The van der Waals surface area contributed by atoms with Crippen molar-refractivity contribution in [2.45, 2.75) is 0 Å². The number of nitrogens with zero attached hydrogens (tertiary/aromatic N) is 1. The van der Waals surface area contributed by atoms with Crippen molar-refractivity contribution < 1.29 is 24.0 Å². The Balaban J connectivity index is 1.78. The van der Waals surface area contributed by atoms with E-state index in [2.05, 4.69) is 15.8 Å². The van der Waals surface area contributed by atoms with E-state index in [-0.39, 0.29) is 12.4 Å². The van der Waals surface area contributed by atoms with Crippen molar-refractivity contribution in [2.24, 2.45) is 5.10 Å². The van der Waals surface area contributed by atoms with Gasteiger partial charge in [0.2, 0.25) is 5.88 Å². The zero-order valence-corrected chi connectivity index (χ0v) is 12.8. The predicted molar refractivity (Wildman–Crippen MR) is 85.2 cm³/mol. The number of nitrogens with one attached hydrogen (secondary N) is 3. The summed E-state index contributed by atoms with van der Waals surface area (Å²) < 4.78 is 10.1. The zero-order valence-electron chi connectivity index (χ0n) is 12.8. The molecule has 0 spiro atoms. The van der Waals surface area contributed by atoms with E-state index in [0.717, 1.165) is 0 Å². The molecular weight excluding hydrogens is 316 g/mol. The van der Waals surface area contributed by atoms with Crippen molar-refractivity contribution in [2.75, 3.05) is 19.1 Å². The zero-order chi connectivity index (χ0) is 17.4. The quantitative estimate of drug-likeness (QED) is 0.442. The second kappa shape index (κ2) is 8.34. The van der Waals surface area contributed by atoms with Gasteiger partial charge in [0.1, 0.15) is 11.5 Å². The molecular formula is C15H16N4O5. The number of hydrazone groups is 1. The lowest BCUT2D eigenvalue weighted by molar-refractivity contribution is -0.120. The standard InChI is InChI=1S/C15H16N4O5/c1-23-11-4-2-3-10(7-11)15(21)16-9-13(20)18-17-8-12-5-6-14(19-22)24-12/h2-8,19,22H,9H2,1H3,(H,16,21)(H,18,20)/b17-8+. The fourth-order valence-electron chi connectivity index (χ4n) is 1.72. The molecule has 0 aliphatic carbocycles. The molecule has 126 valence electrons. The maximum atomic E-state index is 11.9. The first-order valence-corrected chi connectivity index (χ1v) is 6.86. The second-order valence-electron chi connectivity index (χ2n) is 4.52. The molecule has 0 radical (unpaired) electrons. The van der Waals surface area contributed by atoms with Crippen LogP contribution < -0.4 is 21.0 Å². The molecule has 2 rings (SSSR count). The van der Waals surface area contributed by atoms with Crippen LogP contribution in [0.25, 0.3) is 0 Å². The van der Waals surface area contributed by atoms with Crippen LogP contribution in [0.4, 0.5) is 5.88 Å². The molecule has 0 aliphatic heterocycles. The molecule has 9 nitrogen and oxygen atoms in total. The maximum Gasteiger partial charge on any atom is 0.259 e. The molecule has 9 heteroatoms. The summed E-state index contributed by atoms with van der Waals surface area (Å²) in [5.41, 5.74) is 4.45. The number of rotatable bonds is 7. The lowest BCUT2D eigenvalue weighted by Gasteiger charge is -2.05. The first-order valence-electron chi connectivity index (χ1n) is 6.86. The Morgan fingerprint density at radius 3 is 2.88 bits per heavy atom. The molecule has 0 atom stereocenters. The number of hydrogen-bond donors (Lipinski definition) is 4. The first-order chi connectivity index (χ1) is 11.6. The summed E-state index contributed by atoms with van der Waals surface area (Å²) in [6, 6.07) is 9.59. The van der Waals surface area contributed by atoms with Crippen molar-refractivity contribution in [3.63, 3.8) is 0 Å². The van der Waals surface area contributed by atoms with E-state index in [1.807, 2.05) is 5.48 Å². The molecule has 1 aromatic heterocycles. The van der Waals surface area contributed by atoms with Crippen LogP contribution in [-0.2, 0) is 4.79 Å². The number of hydrogen-bond acceptors (Lipinski definition) is 7. The molecule has 4 N–H and O–H groups in total. The third kappa shape index (κ3) is 4.85. The van der Waals surface area contributed by atoms with Crippen LogP contribution in [0.1, 0.15) is 16.1 Å². The topological polar surface area (TPSA) is 125 Å². The third-order valence-corrected chi connectivity index (χ3v) is 2.86. The highest BCUT2D eigenvalue weighted by Crippen LogP contribution is 2.12. The van der Waals surface area contributed by atoms with Gasteiger partial charge in [-0.25, -0.2) is 10.9 Å². The van der Waals surface area contributed by atoms with E-state index >= 15 is 0 Å². The Labute approximate surface area is 137 Å². The van der Waals surface area contributed by atoms with Gasteiger partial charge in [0, 0.05) is 11.6 Å². The van der Waals surface area contributed by atoms with Gasteiger partial charge in [-0.2, -0.15) is 5.10 Å². The van der Waals surface area contributed by atoms with Crippen LogP contribution in [0, 0.1) is 0 Å². The van der Waals surface area contributed by atoms with Crippen LogP contribution in [0.3, 0.4) is 0 Å². The first kappa shape index (κ1) is 17.0. The number of benzene rings is 1. The Morgan fingerprint density at radius 2 is 2.17 bits per heavy atom. The van der Waals surface area contributed by atoms with Gasteiger partial charge in [0.05, 0.1) is 19.9 Å². The van der Waals surface area contributed by atoms with E-state index in [0.29, 0.717) is 17.1 Å². The van der Waals surface area contributed by atoms with Crippen molar-refractivity contribution in [3.05, 3.63) is 47.7 Å². The van der Waals surface area contributed by atoms with E-state index in [1.54, 1.807) is 30.3 Å². The molecule has 0 fully saturated rings. The third-order valence-electron chi connectivity index (χ3n) is 2.86. The number of carbonyl (C=O) groups excluding carboxylic acids is 2. The number of anilines is 1. The van der Waals surface area contributed by atoms with Gasteiger partial charge in [0.25, 0.3) is 11.8 Å². The van der Waals surface area contributed by atoms with E-state index < -0.39 is 11.8 Å². The summed E-state index contributed by atoms with van der Waals surface area (Å²) >= 11 is 0. The summed E-state index contributed by atoms with van der Waals surface area (Å²) in [4.78, 5) is 23.5. The van der Waals surface area contributed by atoms with Crippen molar-refractivity contribution in [1.29, 1.82) is 0 Å². The normalized spacial score (nSPS) is 10.4. The highest BCUT2D eigenvalue weighted by atomic mass is 16.5. The van der Waals surface area contributed by atoms with Crippen molar-refractivity contribution >= 4 is 23.9 Å². The average Bonchev–Trinajstić information content (AvgIpc) is 3.07. The number of ether oxygens (including phenoxy) is 1. The monoisotopic (exact) mass is 332 g/mol. The lowest BCUT2D eigenvalue weighted by atomic mass is 10.2.